The quantitative estimate of drug-likeness (QED) is 0.183. The number of anilines is 2. The van der Waals surface area contributed by atoms with Gasteiger partial charge < -0.3 is 20.1 Å². The predicted molar refractivity (Wildman–Crippen MR) is 160 cm³/mol. The van der Waals surface area contributed by atoms with Crippen molar-refractivity contribution in [3.63, 3.8) is 0 Å². The Morgan fingerprint density at radius 1 is 0.667 bits per heavy atom. The summed E-state index contributed by atoms with van der Waals surface area (Å²) in [6.07, 6.45) is 3.67. The van der Waals surface area contributed by atoms with Gasteiger partial charge in [-0.05, 0) is 61.5 Å². The molecule has 0 saturated carbocycles. The SMILES string of the molecule is CCC1CCc2c(sc(NC(=O)C(F)(F)C(F)(F)C(F)(F)C(F)(F)C(=O)Nc3sc4c(c3C(=O)OC)CCC(CC)C4)c2C(=O)OC)C1. The summed E-state index contributed by atoms with van der Waals surface area (Å²) in [6, 6.07) is 0. The number of halogens is 8. The standard InChI is InChI=1S/C30H32F8N2O6S2/c1-5-13-7-9-15-17(11-13)47-21(19(15)23(41)45-3)39-25(43)27(31,32)29(35,36)30(37,38)28(33,34)26(44)40-22-20(24(42)46-4)16-10-8-14(6-2)12-18(16)48-22/h13-14H,5-12H2,1-4H3,(H,39,43)(H,40,44). The molecular formula is C30H32F8N2O6S2. The van der Waals surface area contributed by atoms with Gasteiger partial charge in [0.1, 0.15) is 10.0 Å². The Morgan fingerprint density at radius 2 is 1.00 bits per heavy atom. The second-order valence-electron chi connectivity index (χ2n) is 11.6. The molecule has 48 heavy (non-hydrogen) atoms. The number of methoxy groups -OCH3 is 2. The van der Waals surface area contributed by atoms with E-state index in [0.29, 0.717) is 82.1 Å². The van der Waals surface area contributed by atoms with Gasteiger partial charge in [0, 0.05) is 9.75 Å². The number of amides is 2. The zero-order valence-electron chi connectivity index (χ0n) is 26.1. The highest BCUT2D eigenvalue weighted by atomic mass is 32.1. The van der Waals surface area contributed by atoms with E-state index >= 15 is 0 Å². The number of fused-ring (bicyclic) bond motifs is 2. The van der Waals surface area contributed by atoms with Crippen LogP contribution < -0.4 is 10.6 Å². The van der Waals surface area contributed by atoms with Crippen LogP contribution in [-0.2, 0) is 44.7 Å². The number of hydrogen-bond donors (Lipinski definition) is 2. The zero-order valence-corrected chi connectivity index (χ0v) is 27.7. The largest absolute Gasteiger partial charge is 0.465 e. The van der Waals surface area contributed by atoms with Crippen LogP contribution in [0, 0.1) is 11.8 Å². The van der Waals surface area contributed by atoms with E-state index in [4.69, 9.17) is 0 Å². The van der Waals surface area contributed by atoms with Crippen LogP contribution in [0.4, 0.5) is 45.1 Å². The van der Waals surface area contributed by atoms with Gasteiger partial charge in [0.15, 0.2) is 0 Å². The normalized spacial score (nSPS) is 18.4. The smallest absolute Gasteiger partial charge is 0.393 e. The van der Waals surface area contributed by atoms with Crippen molar-refractivity contribution < 1.29 is 63.8 Å². The maximum atomic E-state index is 15.0. The van der Waals surface area contributed by atoms with Crippen molar-refractivity contribution in [3.05, 3.63) is 32.0 Å². The maximum Gasteiger partial charge on any atom is 0.393 e. The Morgan fingerprint density at radius 3 is 1.29 bits per heavy atom. The molecule has 2 unspecified atom stereocenters. The summed E-state index contributed by atoms with van der Waals surface area (Å²) in [5, 5.41) is 1.26. The average molecular weight is 733 g/mol. The first-order chi connectivity index (χ1) is 22.3. The lowest BCUT2D eigenvalue weighted by molar-refractivity contribution is -0.345. The Bertz CT molecular complexity index is 1490. The van der Waals surface area contributed by atoms with Crippen LogP contribution in [0.15, 0.2) is 0 Å². The number of ether oxygens (including phenoxy) is 2. The number of hydrogen-bond acceptors (Lipinski definition) is 8. The summed E-state index contributed by atoms with van der Waals surface area (Å²) in [7, 11) is 1.85. The molecular weight excluding hydrogens is 700 g/mol. The lowest BCUT2D eigenvalue weighted by Gasteiger charge is -2.35. The summed E-state index contributed by atoms with van der Waals surface area (Å²) >= 11 is 1.14. The van der Waals surface area contributed by atoms with E-state index in [0.717, 1.165) is 14.2 Å². The van der Waals surface area contributed by atoms with E-state index in [1.165, 1.54) is 10.6 Å². The van der Waals surface area contributed by atoms with Crippen LogP contribution in [0.2, 0.25) is 0 Å². The Balaban J connectivity index is 1.63. The molecule has 0 fully saturated rings. The molecule has 0 aliphatic heterocycles. The van der Waals surface area contributed by atoms with E-state index in [1.54, 1.807) is 0 Å². The molecule has 2 N–H and O–H groups in total. The van der Waals surface area contributed by atoms with Gasteiger partial charge in [-0.25, -0.2) is 9.59 Å². The topological polar surface area (TPSA) is 111 Å². The van der Waals surface area contributed by atoms with Crippen LogP contribution in [0.3, 0.4) is 0 Å². The molecule has 18 heteroatoms. The minimum atomic E-state index is -7.16. The fraction of sp³-hybridized carbons (Fsp3) is 0.600. The van der Waals surface area contributed by atoms with Crippen LogP contribution in [-0.4, -0.2) is 61.7 Å². The highest BCUT2D eigenvalue weighted by Gasteiger charge is 2.84. The van der Waals surface area contributed by atoms with E-state index in [9.17, 15) is 54.3 Å². The minimum absolute atomic E-state index is 0.111. The lowest BCUT2D eigenvalue weighted by atomic mass is 9.85. The monoisotopic (exact) mass is 732 g/mol. The molecule has 0 aromatic carbocycles. The first-order valence-corrected chi connectivity index (χ1v) is 16.5. The summed E-state index contributed by atoms with van der Waals surface area (Å²) < 4.78 is 129. The number of thiophene rings is 2. The zero-order chi connectivity index (χ0) is 36.0. The molecule has 2 amide bonds. The molecule has 2 aromatic rings. The fourth-order valence-corrected chi connectivity index (χ4v) is 8.55. The number of nitrogens with one attached hydrogen (secondary N) is 2. The maximum absolute atomic E-state index is 15.0. The molecule has 2 aromatic heterocycles. The molecule has 0 radical (unpaired) electrons. The Kier molecular flexibility index (Phi) is 10.6. The van der Waals surface area contributed by atoms with Crippen LogP contribution in [0.25, 0.3) is 0 Å². The Hall–Kier alpha value is -3.28. The van der Waals surface area contributed by atoms with Crippen molar-refractivity contribution in [2.24, 2.45) is 11.8 Å². The fourth-order valence-electron chi connectivity index (χ4n) is 5.86. The van der Waals surface area contributed by atoms with Gasteiger partial charge in [-0.15, -0.1) is 22.7 Å². The van der Waals surface area contributed by atoms with Gasteiger partial charge in [0.05, 0.1) is 25.3 Å². The molecule has 266 valence electrons. The Labute approximate surface area is 277 Å². The van der Waals surface area contributed by atoms with Gasteiger partial charge in [0.2, 0.25) is 0 Å². The second kappa shape index (κ2) is 13.6. The molecule has 2 heterocycles. The molecule has 8 nitrogen and oxygen atoms in total. The third-order valence-electron chi connectivity index (χ3n) is 8.88. The van der Waals surface area contributed by atoms with Gasteiger partial charge in [0.25, 0.3) is 0 Å². The van der Waals surface area contributed by atoms with Crippen LogP contribution >= 0.6 is 22.7 Å². The van der Waals surface area contributed by atoms with Gasteiger partial charge in [-0.1, -0.05) is 26.7 Å². The van der Waals surface area contributed by atoms with Crippen molar-refractivity contribution in [1.29, 1.82) is 0 Å². The predicted octanol–water partition coefficient (Wildman–Crippen LogP) is 7.53. The average Bonchev–Trinajstić information content (AvgIpc) is 3.59. The number of esters is 2. The van der Waals surface area contributed by atoms with Crippen molar-refractivity contribution in [2.75, 3.05) is 24.9 Å². The molecule has 0 saturated heterocycles. The second-order valence-corrected chi connectivity index (χ2v) is 13.8. The van der Waals surface area contributed by atoms with Crippen molar-refractivity contribution >= 4 is 56.4 Å². The molecule has 0 spiro atoms. The molecule has 2 aliphatic rings. The summed E-state index contributed by atoms with van der Waals surface area (Å²) in [4.78, 5) is 50.8. The number of carbonyl (C=O) groups excluding carboxylic acids is 4. The summed E-state index contributed by atoms with van der Waals surface area (Å²) in [6.45, 7) is 3.75. The molecule has 4 rings (SSSR count). The first-order valence-electron chi connectivity index (χ1n) is 14.9. The molecule has 0 bridgehead atoms. The van der Waals surface area contributed by atoms with E-state index in [-0.39, 0.29) is 24.7 Å². The summed E-state index contributed by atoms with van der Waals surface area (Å²) in [5.41, 5.74) is -0.299. The van der Waals surface area contributed by atoms with Crippen molar-refractivity contribution in [2.45, 2.75) is 88.9 Å². The van der Waals surface area contributed by atoms with E-state index in [1.807, 2.05) is 13.8 Å². The van der Waals surface area contributed by atoms with Crippen molar-refractivity contribution in [3.8, 4) is 0 Å². The van der Waals surface area contributed by atoms with Crippen LogP contribution in [0.5, 0.6) is 0 Å². The van der Waals surface area contributed by atoms with Crippen LogP contribution in [0.1, 0.15) is 81.1 Å². The third kappa shape index (κ3) is 6.18. The third-order valence-corrected chi connectivity index (χ3v) is 11.2. The van der Waals surface area contributed by atoms with Crippen molar-refractivity contribution in [1.82, 2.24) is 0 Å². The molecule has 2 aliphatic carbocycles. The van der Waals surface area contributed by atoms with E-state index in [2.05, 4.69) is 9.47 Å². The van der Waals surface area contributed by atoms with E-state index < -0.39 is 68.6 Å². The highest BCUT2D eigenvalue weighted by molar-refractivity contribution is 7.17. The lowest BCUT2D eigenvalue weighted by Crippen LogP contribution is -2.67. The van der Waals surface area contributed by atoms with Gasteiger partial charge in [-0.3, -0.25) is 9.59 Å². The minimum Gasteiger partial charge on any atom is -0.465 e. The highest BCUT2D eigenvalue weighted by Crippen LogP contribution is 2.54. The van der Waals surface area contributed by atoms with Gasteiger partial charge >= 0.3 is 47.4 Å². The first kappa shape index (κ1) is 37.5. The molecule has 2 atom stereocenters. The summed E-state index contributed by atoms with van der Waals surface area (Å²) in [5.74, 6) is -35.7. The number of rotatable bonds is 11. The van der Waals surface area contributed by atoms with Gasteiger partial charge in [-0.2, -0.15) is 35.1 Å². The number of carbonyl (C=O) groups is 4. The number of alkyl halides is 8.